The van der Waals surface area contributed by atoms with Gasteiger partial charge < -0.3 is 0 Å². The fourth-order valence-electron chi connectivity index (χ4n) is 1.78. The zero-order chi connectivity index (χ0) is 10.7. The summed E-state index contributed by atoms with van der Waals surface area (Å²) in [6.45, 7) is 1.57. The van der Waals surface area contributed by atoms with Crippen LogP contribution >= 0.6 is 23.1 Å². The molecule has 82 valence electrons. The van der Waals surface area contributed by atoms with Gasteiger partial charge in [-0.2, -0.15) is 11.8 Å². The van der Waals surface area contributed by atoms with Gasteiger partial charge in [-0.25, -0.2) is 4.98 Å². The van der Waals surface area contributed by atoms with Gasteiger partial charge in [-0.3, -0.25) is 4.79 Å². The molecule has 1 fully saturated rings. The van der Waals surface area contributed by atoms with Crippen molar-refractivity contribution in [3.63, 3.8) is 0 Å². The Morgan fingerprint density at radius 1 is 1.60 bits per heavy atom. The van der Waals surface area contributed by atoms with E-state index in [9.17, 15) is 4.79 Å². The summed E-state index contributed by atoms with van der Waals surface area (Å²) in [5.74, 6) is 1.05. The Balaban J connectivity index is 1.84. The van der Waals surface area contributed by atoms with E-state index in [0.717, 1.165) is 16.0 Å². The molecule has 2 rings (SSSR count). The number of hydrogen-bond donors (Lipinski definition) is 0. The Kier molecular flexibility index (Phi) is 3.81. The minimum atomic E-state index is 0.0726. The summed E-state index contributed by atoms with van der Waals surface area (Å²) in [4.78, 5) is 15.4. The zero-order valence-electron chi connectivity index (χ0n) is 8.86. The molecule has 0 radical (unpaired) electrons. The van der Waals surface area contributed by atoms with Crippen LogP contribution in [0.1, 0.15) is 48.1 Å². The summed E-state index contributed by atoms with van der Waals surface area (Å²) in [5.41, 5.74) is 0.627. The quantitative estimate of drug-likeness (QED) is 0.755. The molecule has 0 aliphatic heterocycles. The number of carbonyl (C=O) groups excluding carboxylic acids is 1. The van der Waals surface area contributed by atoms with Gasteiger partial charge in [0.15, 0.2) is 5.78 Å². The molecule has 1 heterocycles. The maximum Gasteiger partial charge on any atom is 0.178 e. The molecule has 0 spiro atoms. The summed E-state index contributed by atoms with van der Waals surface area (Å²) in [5, 5.41) is 3.79. The average Bonchev–Trinajstić information content (AvgIpc) is 2.86. The summed E-state index contributed by atoms with van der Waals surface area (Å²) in [6.07, 6.45) is 5.48. The Labute approximate surface area is 98.5 Å². The highest BCUT2D eigenvalue weighted by molar-refractivity contribution is 7.99. The molecular formula is C11H15NOS2. The van der Waals surface area contributed by atoms with Crippen LogP contribution in [0.3, 0.4) is 0 Å². The van der Waals surface area contributed by atoms with Crippen molar-refractivity contribution < 1.29 is 4.79 Å². The largest absolute Gasteiger partial charge is 0.293 e. The lowest BCUT2D eigenvalue weighted by atomic mass is 10.4. The molecule has 1 saturated carbocycles. The first-order valence-electron chi connectivity index (χ1n) is 5.32. The highest BCUT2D eigenvalue weighted by Gasteiger charge is 2.16. The number of thioether (sulfide) groups is 1. The molecule has 0 N–H and O–H groups in total. The van der Waals surface area contributed by atoms with Gasteiger partial charge in [0, 0.05) is 23.3 Å². The van der Waals surface area contributed by atoms with E-state index in [2.05, 4.69) is 4.98 Å². The van der Waals surface area contributed by atoms with Crippen LogP contribution in [-0.2, 0) is 5.75 Å². The lowest BCUT2D eigenvalue weighted by Gasteiger charge is -2.05. The van der Waals surface area contributed by atoms with Crippen LogP contribution in [0.5, 0.6) is 0 Å². The second-order valence-corrected chi connectivity index (χ2v) is 6.13. The molecule has 1 aliphatic carbocycles. The van der Waals surface area contributed by atoms with Crippen LogP contribution < -0.4 is 0 Å². The van der Waals surface area contributed by atoms with Crippen LogP contribution in [0.25, 0.3) is 0 Å². The first-order chi connectivity index (χ1) is 7.25. The Morgan fingerprint density at radius 2 is 2.33 bits per heavy atom. The van der Waals surface area contributed by atoms with Crippen molar-refractivity contribution in [3.05, 3.63) is 16.1 Å². The van der Waals surface area contributed by atoms with Crippen molar-refractivity contribution >= 4 is 28.9 Å². The number of rotatable bonds is 4. The van der Waals surface area contributed by atoms with E-state index in [1.807, 2.05) is 17.1 Å². The van der Waals surface area contributed by atoms with Crippen LogP contribution in [-0.4, -0.2) is 16.0 Å². The van der Waals surface area contributed by atoms with E-state index in [0.29, 0.717) is 5.69 Å². The van der Waals surface area contributed by atoms with Gasteiger partial charge >= 0.3 is 0 Å². The van der Waals surface area contributed by atoms with E-state index in [4.69, 9.17) is 0 Å². The van der Waals surface area contributed by atoms with Crippen LogP contribution in [0.4, 0.5) is 0 Å². The van der Waals surface area contributed by atoms with Crippen LogP contribution in [0.15, 0.2) is 5.38 Å². The maximum absolute atomic E-state index is 11.1. The third kappa shape index (κ3) is 3.05. The third-order valence-corrected chi connectivity index (χ3v) is 5.07. The average molecular weight is 241 g/mol. The molecule has 1 aliphatic rings. The van der Waals surface area contributed by atoms with Crippen molar-refractivity contribution in [2.45, 2.75) is 43.6 Å². The first kappa shape index (κ1) is 11.1. The molecule has 2 nitrogen and oxygen atoms in total. The van der Waals surface area contributed by atoms with Gasteiger partial charge in [0.25, 0.3) is 0 Å². The van der Waals surface area contributed by atoms with Gasteiger partial charge in [-0.15, -0.1) is 11.3 Å². The van der Waals surface area contributed by atoms with Crippen molar-refractivity contribution in [1.82, 2.24) is 4.98 Å². The van der Waals surface area contributed by atoms with Crippen LogP contribution in [0, 0.1) is 0 Å². The SMILES string of the molecule is CC(=O)c1csc(CSC2CCCC2)n1. The van der Waals surface area contributed by atoms with Crippen molar-refractivity contribution in [2.75, 3.05) is 0 Å². The van der Waals surface area contributed by atoms with Crippen molar-refractivity contribution in [1.29, 1.82) is 0 Å². The topological polar surface area (TPSA) is 30.0 Å². The highest BCUT2D eigenvalue weighted by Crippen LogP contribution is 2.32. The summed E-state index contributed by atoms with van der Waals surface area (Å²) < 4.78 is 0. The zero-order valence-corrected chi connectivity index (χ0v) is 10.5. The molecule has 0 aromatic carbocycles. The maximum atomic E-state index is 11.1. The molecular weight excluding hydrogens is 226 g/mol. The van der Waals surface area contributed by atoms with E-state index >= 15 is 0 Å². The predicted octanol–water partition coefficient (Wildman–Crippen LogP) is 3.52. The molecule has 4 heteroatoms. The smallest absolute Gasteiger partial charge is 0.178 e. The Morgan fingerprint density at radius 3 is 2.93 bits per heavy atom. The third-order valence-electron chi connectivity index (χ3n) is 2.66. The second-order valence-electron chi connectivity index (χ2n) is 3.90. The second kappa shape index (κ2) is 5.12. The number of hydrogen-bond acceptors (Lipinski definition) is 4. The number of nitrogens with zero attached hydrogens (tertiary/aromatic N) is 1. The van der Waals surface area contributed by atoms with Crippen LogP contribution in [0.2, 0.25) is 0 Å². The van der Waals surface area contributed by atoms with Gasteiger partial charge in [0.05, 0.1) is 0 Å². The number of thiazole rings is 1. The van der Waals surface area contributed by atoms with Gasteiger partial charge in [-0.1, -0.05) is 12.8 Å². The molecule has 1 aromatic heterocycles. The standard InChI is InChI=1S/C11H15NOS2/c1-8(13)10-6-15-11(12-10)7-14-9-4-2-3-5-9/h6,9H,2-5,7H2,1H3. The molecule has 15 heavy (non-hydrogen) atoms. The van der Waals surface area contributed by atoms with Gasteiger partial charge in [-0.05, 0) is 12.8 Å². The minimum absolute atomic E-state index is 0.0726. The predicted molar refractivity (Wildman–Crippen MR) is 65.7 cm³/mol. The number of carbonyl (C=O) groups is 1. The first-order valence-corrected chi connectivity index (χ1v) is 7.25. The fourth-order valence-corrected chi connectivity index (χ4v) is 3.99. The molecule has 0 unspecified atom stereocenters. The summed E-state index contributed by atoms with van der Waals surface area (Å²) in [6, 6.07) is 0. The fraction of sp³-hybridized carbons (Fsp3) is 0.636. The lowest BCUT2D eigenvalue weighted by Crippen LogP contribution is -1.96. The molecule has 0 atom stereocenters. The van der Waals surface area contributed by atoms with Crippen molar-refractivity contribution in [2.24, 2.45) is 0 Å². The van der Waals surface area contributed by atoms with E-state index in [1.54, 1.807) is 18.3 Å². The van der Waals surface area contributed by atoms with E-state index < -0.39 is 0 Å². The van der Waals surface area contributed by atoms with E-state index in [-0.39, 0.29) is 5.78 Å². The highest BCUT2D eigenvalue weighted by atomic mass is 32.2. The lowest BCUT2D eigenvalue weighted by molar-refractivity contribution is 0.101. The Hall–Kier alpha value is -0.350. The molecule has 0 saturated heterocycles. The Bertz CT molecular complexity index is 342. The normalized spacial score (nSPS) is 17.1. The number of aromatic nitrogens is 1. The summed E-state index contributed by atoms with van der Waals surface area (Å²) >= 11 is 3.61. The summed E-state index contributed by atoms with van der Waals surface area (Å²) in [7, 11) is 0. The van der Waals surface area contributed by atoms with Gasteiger partial charge in [0.2, 0.25) is 0 Å². The molecule has 0 amide bonds. The molecule has 0 bridgehead atoms. The number of Topliss-reactive ketones (excluding diaryl/α,β-unsaturated/α-hetero) is 1. The molecule has 1 aromatic rings. The monoisotopic (exact) mass is 241 g/mol. The number of ketones is 1. The minimum Gasteiger partial charge on any atom is -0.293 e. The van der Waals surface area contributed by atoms with Crippen molar-refractivity contribution in [3.8, 4) is 0 Å². The van der Waals surface area contributed by atoms with E-state index in [1.165, 1.54) is 25.7 Å². The van der Waals surface area contributed by atoms with Gasteiger partial charge in [0.1, 0.15) is 10.7 Å².